The first-order valence-corrected chi connectivity index (χ1v) is 4.71. The van der Waals surface area contributed by atoms with Crippen molar-refractivity contribution in [3.8, 4) is 17.1 Å². The zero-order valence-corrected chi connectivity index (χ0v) is 8.91. The van der Waals surface area contributed by atoms with Crippen molar-refractivity contribution in [3.05, 3.63) is 29.7 Å². The van der Waals surface area contributed by atoms with Crippen LogP contribution in [0.4, 0.5) is 8.78 Å². The first-order valence-electron chi connectivity index (χ1n) is 4.71. The number of nitrogens with zero attached hydrogens (tertiary/aromatic N) is 2. The average molecular weight is 241 g/mol. The van der Waals surface area contributed by atoms with Crippen LogP contribution in [0.15, 0.2) is 16.7 Å². The molecule has 1 aromatic carbocycles. The molecule has 0 radical (unpaired) electrons. The minimum absolute atomic E-state index is 0.0636. The van der Waals surface area contributed by atoms with Crippen LogP contribution >= 0.6 is 0 Å². The SMILES string of the molecule is COc1c(F)cc(-c2noc(CN)n2)cc1F. The number of hydrogen-bond donors (Lipinski definition) is 1. The summed E-state index contributed by atoms with van der Waals surface area (Å²) < 4.78 is 36.1. The average Bonchev–Trinajstić information content (AvgIpc) is 2.77. The molecule has 1 heterocycles. The molecule has 0 spiro atoms. The van der Waals surface area contributed by atoms with Crippen LogP contribution < -0.4 is 10.5 Å². The fraction of sp³-hybridized carbons (Fsp3) is 0.200. The van der Waals surface area contributed by atoms with Crippen LogP contribution in [0.3, 0.4) is 0 Å². The van der Waals surface area contributed by atoms with E-state index < -0.39 is 17.4 Å². The smallest absolute Gasteiger partial charge is 0.240 e. The number of halogens is 2. The van der Waals surface area contributed by atoms with Gasteiger partial charge in [-0.15, -0.1) is 0 Å². The summed E-state index contributed by atoms with van der Waals surface area (Å²) in [4.78, 5) is 3.86. The van der Waals surface area contributed by atoms with Gasteiger partial charge in [0.2, 0.25) is 11.7 Å². The van der Waals surface area contributed by atoms with Crippen molar-refractivity contribution in [2.75, 3.05) is 7.11 Å². The van der Waals surface area contributed by atoms with E-state index in [9.17, 15) is 8.78 Å². The van der Waals surface area contributed by atoms with Crippen molar-refractivity contribution in [2.45, 2.75) is 6.54 Å². The zero-order chi connectivity index (χ0) is 12.4. The lowest BCUT2D eigenvalue weighted by Crippen LogP contribution is -1.96. The molecule has 0 aliphatic rings. The summed E-state index contributed by atoms with van der Waals surface area (Å²) in [5, 5.41) is 3.55. The van der Waals surface area contributed by atoms with Gasteiger partial charge in [-0.2, -0.15) is 4.98 Å². The van der Waals surface area contributed by atoms with Crippen LogP contribution in [-0.2, 0) is 6.54 Å². The maximum atomic E-state index is 13.4. The molecule has 0 aliphatic heterocycles. The van der Waals surface area contributed by atoms with E-state index in [0.29, 0.717) is 0 Å². The molecule has 0 unspecified atom stereocenters. The highest BCUT2D eigenvalue weighted by Gasteiger charge is 2.15. The summed E-state index contributed by atoms with van der Waals surface area (Å²) in [6.45, 7) is 0.0636. The summed E-state index contributed by atoms with van der Waals surface area (Å²) >= 11 is 0. The Labute approximate surface area is 95.2 Å². The summed E-state index contributed by atoms with van der Waals surface area (Å²) in [6, 6.07) is 2.13. The van der Waals surface area contributed by atoms with Crippen molar-refractivity contribution in [1.82, 2.24) is 10.1 Å². The van der Waals surface area contributed by atoms with E-state index in [4.69, 9.17) is 10.3 Å². The molecular formula is C10H9F2N3O2. The lowest BCUT2D eigenvalue weighted by atomic mass is 10.2. The largest absolute Gasteiger partial charge is 0.491 e. The van der Waals surface area contributed by atoms with Crippen LogP contribution in [0.2, 0.25) is 0 Å². The second-order valence-electron chi connectivity index (χ2n) is 3.19. The van der Waals surface area contributed by atoms with Gasteiger partial charge in [0, 0.05) is 5.56 Å². The minimum atomic E-state index is -0.832. The summed E-state index contributed by atoms with van der Waals surface area (Å²) in [7, 11) is 1.18. The molecule has 2 rings (SSSR count). The molecule has 2 aromatic rings. The van der Waals surface area contributed by atoms with E-state index in [0.717, 1.165) is 12.1 Å². The monoisotopic (exact) mass is 241 g/mol. The van der Waals surface area contributed by atoms with Gasteiger partial charge in [0.05, 0.1) is 13.7 Å². The maximum absolute atomic E-state index is 13.4. The molecule has 90 valence electrons. The molecule has 2 N–H and O–H groups in total. The molecule has 0 saturated carbocycles. The van der Waals surface area contributed by atoms with Crippen LogP contribution in [0, 0.1) is 11.6 Å². The van der Waals surface area contributed by atoms with Crippen molar-refractivity contribution >= 4 is 0 Å². The highest BCUT2D eigenvalue weighted by Crippen LogP contribution is 2.27. The molecule has 0 bridgehead atoms. The van der Waals surface area contributed by atoms with Gasteiger partial charge in [0.25, 0.3) is 0 Å². The highest BCUT2D eigenvalue weighted by molar-refractivity contribution is 5.56. The van der Waals surface area contributed by atoms with Gasteiger partial charge in [-0.3, -0.25) is 0 Å². The van der Waals surface area contributed by atoms with E-state index in [-0.39, 0.29) is 23.8 Å². The Kier molecular flexibility index (Phi) is 3.01. The third kappa shape index (κ3) is 2.09. The molecule has 5 nitrogen and oxygen atoms in total. The van der Waals surface area contributed by atoms with Crippen LogP contribution in [0.1, 0.15) is 5.89 Å². The van der Waals surface area contributed by atoms with Gasteiger partial charge in [-0.1, -0.05) is 5.16 Å². The van der Waals surface area contributed by atoms with Gasteiger partial charge in [-0.05, 0) is 12.1 Å². The molecule has 0 amide bonds. The number of ether oxygens (including phenoxy) is 1. The molecule has 0 saturated heterocycles. The lowest BCUT2D eigenvalue weighted by Gasteiger charge is -2.04. The maximum Gasteiger partial charge on any atom is 0.240 e. The Morgan fingerprint density at radius 2 is 2.00 bits per heavy atom. The van der Waals surface area contributed by atoms with Gasteiger partial charge in [0.15, 0.2) is 17.4 Å². The molecular weight excluding hydrogens is 232 g/mol. The second-order valence-corrected chi connectivity index (χ2v) is 3.19. The van der Waals surface area contributed by atoms with Crippen molar-refractivity contribution in [1.29, 1.82) is 0 Å². The molecule has 7 heteroatoms. The molecule has 0 atom stereocenters. The van der Waals surface area contributed by atoms with Crippen molar-refractivity contribution in [2.24, 2.45) is 5.73 Å². The standard InChI is InChI=1S/C10H9F2N3O2/c1-16-9-6(11)2-5(3-7(9)12)10-14-8(4-13)17-15-10/h2-3H,4,13H2,1H3. The van der Waals surface area contributed by atoms with E-state index >= 15 is 0 Å². The van der Waals surface area contributed by atoms with Crippen LogP contribution in [0.5, 0.6) is 5.75 Å². The molecule has 17 heavy (non-hydrogen) atoms. The Bertz CT molecular complexity index is 519. The summed E-state index contributed by atoms with van der Waals surface area (Å²) in [5.41, 5.74) is 5.44. The Hall–Kier alpha value is -2.02. The number of nitrogens with two attached hydrogens (primary N) is 1. The number of methoxy groups -OCH3 is 1. The quantitative estimate of drug-likeness (QED) is 0.881. The van der Waals surface area contributed by atoms with Gasteiger partial charge in [0.1, 0.15) is 0 Å². The fourth-order valence-corrected chi connectivity index (χ4v) is 1.34. The van der Waals surface area contributed by atoms with E-state index in [1.165, 1.54) is 7.11 Å². The molecule has 1 aromatic heterocycles. The third-order valence-corrected chi connectivity index (χ3v) is 2.10. The fourth-order valence-electron chi connectivity index (χ4n) is 1.34. The van der Waals surface area contributed by atoms with E-state index in [1.807, 2.05) is 0 Å². The normalized spacial score (nSPS) is 10.6. The topological polar surface area (TPSA) is 74.2 Å². The first-order chi connectivity index (χ1) is 8.15. The van der Waals surface area contributed by atoms with E-state index in [2.05, 4.69) is 14.9 Å². The van der Waals surface area contributed by atoms with E-state index in [1.54, 1.807) is 0 Å². The Morgan fingerprint density at radius 3 is 2.47 bits per heavy atom. The summed E-state index contributed by atoms with van der Waals surface area (Å²) in [6.07, 6.45) is 0. The third-order valence-electron chi connectivity index (χ3n) is 2.10. The minimum Gasteiger partial charge on any atom is -0.491 e. The summed E-state index contributed by atoms with van der Waals surface area (Å²) in [5.74, 6) is -1.85. The van der Waals surface area contributed by atoms with Crippen LogP contribution in [0.25, 0.3) is 11.4 Å². The van der Waals surface area contributed by atoms with Gasteiger partial charge >= 0.3 is 0 Å². The lowest BCUT2D eigenvalue weighted by molar-refractivity contribution is 0.360. The molecule has 0 aliphatic carbocycles. The first kappa shape index (κ1) is 11.5. The number of rotatable bonds is 3. The Balaban J connectivity index is 2.46. The Morgan fingerprint density at radius 1 is 1.35 bits per heavy atom. The second kappa shape index (κ2) is 4.46. The number of aromatic nitrogens is 2. The van der Waals surface area contributed by atoms with Crippen molar-refractivity contribution in [3.63, 3.8) is 0 Å². The van der Waals surface area contributed by atoms with Crippen LogP contribution in [-0.4, -0.2) is 17.3 Å². The van der Waals surface area contributed by atoms with Gasteiger partial charge < -0.3 is 15.0 Å². The van der Waals surface area contributed by atoms with Gasteiger partial charge in [-0.25, -0.2) is 8.78 Å². The predicted octanol–water partition coefficient (Wildman–Crippen LogP) is 1.48. The predicted molar refractivity (Wildman–Crippen MR) is 54.1 cm³/mol. The number of benzene rings is 1. The highest BCUT2D eigenvalue weighted by atomic mass is 19.1. The molecule has 0 fully saturated rings. The number of hydrogen-bond acceptors (Lipinski definition) is 5. The van der Waals surface area contributed by atoms with Crippen molar-refractivity contribution < 1.29 is 18.0 Å². The zero-order valence-electron chi connectivity index (χ0n) is 8.91.